The quantitative estimate of drug-likeness (QED) is 0.876. The molecule has 0 bridgehead atoms. The van der Waals surface area contributed by atoms with Gasteiger partial charge < -0.3 is 16.2 Å². The molecule has 1 amide bonds. The number of nitrogens with zero attached hydrogens (tertiary/aromatic N) is 1. The standard InChI is InChI=1S/C14H15N3O2/c1-9(15)10-6-7-13(17-8-10)19-12-5-3-2-4-11(12)14(16)18/h2-9H,15H2,1H3,(H2,16,18). The van der Waals surface area contributed by atoms with Gasteiger partial charge in [-0.05, 0) is 24.6 Å². The van der Waals surface area contributed by atoms with E-state index in [1.165, 1.54) is 0 Å². The number of primary amides is 1. The molecule has 1 unspecified atom stereocenters. The number of ether oxygens (including phenoxy) is 1. The molecule has 0 spiro atoms. The molecule has 0 aliphatic heterocycles. The summed E-state index contributed by atoms with van der Waals surface area (Å²) in [5.74, 6) is 0.233. The molecule has 0 saturated carbocycles. The number of pyridine rings is 1. The first-order chi connectivity index (χ1) is 9.08. The number of carbonyl (C=O) groups excluding carboxylic acids is 1. The van der Waals surface area contributed by atoms with Crippen molar-refractivity contribution in [1.29, 1.82) is 0 Å². The third-order valence-corrected chi connectivity index (χ3v) is 2.65. The van der Waals surface area contributed by atoms with E-state index < -0.39 is 5.91 Å². The molecule has 0 fully saturated rings. The monoisotopic (exact) mass is 257 g/mol. The summed E-state index contributed by atoms with van der Waals surface area (Å²) in [4.78, 5) is 15.4. The van der Waals surface area contributed by atoms with Crippen molar-refractivity contribution in [1.82, 2.24) is 4.98 Å². The molecule has 5 nitrogen and oxygen atoms in total. The lowest BCUT2D eigenvalue weighted by atomic mass is 10.1. The molecule has 0 aliphatic rings. The topological polar surface area (TPSA) is 91.2 Å². The van der Waals surface area contributed by atoms with Crippen molar-refractivity contribution in [2.45, 2.75) is 13.0 Å². The largest absolute Gasteiger partial charge is 0.438 e. The van der Waals surface area contributed by atoms with Crippen LogP contribution in [-0.2, 0) is 0 Å². The molecule has 2 rings (SSSR count). The number of benzene rings is 1. The average molecular weight is 257 g/mol. The Bertz CT molecular complexity index is 579. The molecule has 5 heteroatoms. The lowest BCUT2D eigenvalue weighted by molar-refractivity contribution is 0.0998. The summed E-state index contributed by atoms with van der Waals surface area (Å²) in [5.41, 5.74) is 12.2. The molecule has 0 aliphatic carbocycles. The minimum absolute atomic E-state index is 0.0838. The minimum atomic E-state index is -0.539. The lowest BCUT2D eigenvalue weighted by Crippen LogP contribution is -2.12. The van der Waals surface area contributed by atoms with Crippen molar-refractivity contribution in [3.63, 3.8) is 0 Å². The highest BCUT2D eigenvalue weighted by Crippen LogP contribution is 2.24. The van der Waals surface area contributed by atoms with E-state index in [1.54, 1.807) is 36.5 Å². The van der Waals surface area contributed by atoms with Crippen molar-refractivity contribution >= 4 is 5.91 Å². The van der Waals surface area contributed by atoms with Crippen LogP contribution in [0.4, 0.5) is 0 Å². The third-order valence-electron chi connectivity index (χ3n) is 2.65. The molecular formula is C14H15N3O2. The Labute approximate surface area is 111 Å². The first-order valence-corrected chi connectivity index (χ1v) is 5.86. The number of hydrogen-bond donors (Lipinski definition) is 2. The maximum absolute atomic E-state index is 11.3. The predicted molar refractivity (Wildman–Crippen MR) is 71.9 cm³/mol. The van der Waals surface area contributed by atoms with Gasteiger partial charge in [-0.3, -0.25) is 4.79 Å². The van der Waals surface area contributed by atoms with Gasteiger partial charge in [0.2, 0.25) is 5.88 Å². The lowest BCUT2D eigenvalue weighted by Gasteiger charge is -2.09. The summed E-state index contributed by atoms with van der Waals surface area (Å²) in [6, 6.07) is 10.2. The molecule has 98 valence electrons. The summed E-state index contributed by atoms with van der Waals surface area (Å²) < 4.78 is 5.55. The smallest absolute Gasteiger partial charge is 0.252 e. The highest BCUT2D eigenvalue weighted by molar-refractivity contribution is 5.95. The maximum Gasteiger partial charge on any atom is 0.252 e. The second kappa shape index (κ2) is 5.49. The zero-order valence-electron chi connectivity index (χ0n) is 10.5. The molecular weight excluding hydrogens is 242 g/mol. The summed E-state index contributed by atoms with van der Waals surface area (Å²) in [6.45, 7) is 1.87. The van der Waals surface area contributed by atoms with Gasteiger partial charge in [0.1, 0.15) is 5.75 Å². The fourth-order valence-corrected chi connectivity index (χ4v) is 1.59. The van der Waals surface area contributed by atoms with Crippen LogP contribution in [0.2, 0.25) is 0 Å². The third kappa shape index (κ3) is 3.08. The fourth-order valence-electron chi connectivity index (χ4n) is 1.59. The van der Waals surface area contributed by atoms with Crippen molar-refractivity contribution in [2.75, 3.05) is 0 Å². The van der Waals surface area contributed by atoms with Gasteiger partial charge in [0.05, 0.1) is 5.56 Å². The highest BCUT2D eigenvalue weighted by Gasteiger charge is 2.10. The number of carbonyl (C=O) groups is 1. The van der Waals surface area contributed by atoms with Crippen molar-refractivity contribution < 1.29 is 9.53 Å². The number of amides is 1. The molecule has 1 heterocycles. The zero-order valence-corrected chi connectivity index (χ0v) is 10.5. The SMILES string of the molecule is CC(N)c1ccc(Oc2ccccc2C(N)=O)nc1. The summed E-state index contributed by atoms with van der Waals surface area (Å²) in [5, 5.41) is 0. The number of aromatic nitrogens is 1. The zero-order chi connectivity index (χ0) is 13.8. The van der Waals surface area contributed by atoms with Gasteiger partial charge in [-0.1, -0.05) is 18.2 Å². The maximum atomic E-state index is 11.3. The van der Waals surface area contributed by atoms with Crippen LogP contribution in [0.15, 0.2) is 42.6 Å². The van der Waals surface area contributed by atoms with Gasteiger partial charge >= 0.3 is 0 Å². The van der Waals surface area contributed by atoms with Crippen molar-refractivity contribution in [3.05, 3.63) is 53.7 Å². The predicted octanol–water partition coefficient (Wildman–Crippen LogP) is 1.99. The Balaban J connectivity index is 2.24. The van der Waals surface area contributed by atoms with Gasteiger partial charge in [-0.15, -0.1) is 0 Å². The fraction of sp³-hybridized carbons (Fsp3) is 0.143. The normalized spacial score (nSPS) is 11.9. The number of para-hydroxylation sites is 1. The minimum Gasteiger partial charge on any atom is -0.438 e. The van der Waals surface area contributed by atoms with E-state index in [1.807, 2.05) is 13.0 Å². The van der Waals surface area contributed by atoms with Gasteiger partial charge in [0.15, 0.2) is 0 Å². The Morgan fingerprint density at radius 2 is 2.00 bits per heavy atom. The van der Waals surface area contributed by atoms with Crippen LogP contribution in [0.1, 0.15) is 28.9 Å². The van der Waals surface area contributed by atoms with Crippen LogP contribution < -0.4 is 16.2 Å². The molecule has 19 heavy (non-hydrogen) atoms. The van der Waals surface area contributed by atoms with Gasteiger partial charge in [0, 0.05) is 18.3 Å². The van der Waals surface area contributed by atoms with Gasteiger partial charge in [0.25, 0.3) is 5.91 Å². The Kier molecular flexibility index (Phi) is 3.77. The van der Waals surface area contributed by atoms with Crippen LogP contribution in [-0.4, -0.2) is 10.9 Å². The van der Waals surface area contributed by atoms with E-state index in [4.69, 9.17) is 16.2 Å². The first-order valence-electron chi connectivity index (χ1n) is 5.86. The Morgan fingerprint density at radius 3 is 2.58 bits per heavy atom. The van der Waals surface area contributed by atoms with E-state index in [0.29, 0.717) is 17.2 Å². The molecule has 1 aromatic carbocycles. The second-order valence-corrected chi connectivity index (χ2v) is 4.18. The highest BCUT2D eigenvalue weighted by atomic mass is 16.5. The summed E-state index contributed by atoms with van der Waals surface area (Å²) in [7, 11) is 0. The van der Waals surface area contributed by atoms with E-state index in [9.17, 15) is 4.79 Å². The van der Waals surface area contributed by atoms with Crippen LogP contribution in [0.5, 0.6) is 11.6 Å². The molecule has 0 radical (unpaired) electrons. The number of nitrogens with two attached hydrogens (primary N) is 2. The molecule has 2 aromatic rings. The Morgan fingerprint density at radius 1 is 1.26 bits per heavy atom. The number of hydrogen-bond acceptors (Lipinski definition) is 4. The molecule has 1 aromatic heterocycles. The first kappa shape index (κ1) is 13.0. The van der Waals surface area contributed by atoms with Crippen LogP contribution in [0.25, 0.3) is 0 Å². The van der Waals surface area contributed by atoms with Crippen molar-refractivity contribution in [3.8, 4) is 11.6 Å². The average Bonchev–Trinajstić information content (AvgIpc) is 2.39. The molecule has 1 atom stereocenters. The van der Waals surface area contributed by atoms with E-state index in [2.05, 4.69) is 4.98 Å². The molecule has 0 saturated heterocycles. The van der Waals surface area contributed by atoms with Gasteiger partial charge in [-0.2, -0.15) is 0 Å². The molecule has 4 N–H and O–H groups in total. The van der Waals surface area contributed by atoms with Crippen LogP contribution in [0.3, 0.4) is 0 Å². The number of rotatable bonds is 4. The Hall–Kier alpha value is -2.40. The van der Waals surface area contributed by atoms with E-state index in [-0.39, 0.29) is 6.04 Å². The van der Waals surface area contributed by atoms with Gasteiger partial charge in [-0.25, -0.2) is 4.98 Å². The summed E-state index contributed by atoms with van der Waals surface area (Å²) >= 11 is 0. The second-order valence-electron chi connectivity index (χ2n) is 4.18. The van der Waals surface area contributed by atoms with Crippen LogP contribution >= 0.6 is 0 Å². The van der Waals surface area contributed by atoms with E-state index in [0.717, 1.165) is 5.56 Å². The van der Waals surface area contributed by atoms with E-state index >= 15 is 0 Å². The van der Waals surface area contributed by atoms with Crippen LogP contribution in [0, 0.1) is 0 Å². The van der Waals surface area contributed by atoms with Crippen molar-refractivity contribution in [2.24, 2.45) is 11.5 Å². The summed E-state index contributed by atoms with van der Waals surface area (Å²) in [6.07, 6.45) is 1.65.